The highest BCUT2D eigenvalue weighted by atomic mass is 35.5. The first kappa shape index (κ1) is 99.5. The second-order valence-electron chi connectivity index (χ2n) is 25.4. The Morgan fingerprint density at radius 3 is 1.33 bits per heavy atom. The predicted octanol–water partition coefficient (Wildman–Crippen LogP) is 8.09. The van der Waals surface area contributed by atoms with Crippen LogP contribution in [0.4, 0.5) is 70.9 Å². The summed E-state index contributed by atoms with van der Waals surface area (Å²) in [7, 11) is 6.20. The number of piperazine rings is 3. The van der Waals surface area contributed by atoms with Crippen LogP contribution in [-0.2, 0) is 9.53 Å². The number of fused-ring (bicyclic) bond motifs is 9. The number of nitrogens with zero attached hydrogens (tertiary/aromatic N) is 11. The molecule has 9 heterocycles. The predicted molar refractivity (Wildman–Crippen MR) is 412 cm³/mol. The number of aliphatic hydroxyl groups is 3. The van der Waals surface area contributed by atoms with E-state index >= 15 is 0 Å². The van der Waals surface area contributed by atoms with Crippen molar-refractivity contribution in [3.8, 4) is 17.2 Å². The number of likely N-dealkylation sites (tertiary alicyclic amines) is 2. The fourth-order valence-corrected chi connectivity index (χ4v) is 12.3. The van der Waals surface area contributed by atoms with Crippen LogP contribution < -0.4 is 39.5 Å². The third-order valence-corrected chi connectivity index (χ3v) is 17.4. The van der Waals surface area contributed by atoms with Crippen LogP contribution in [0, 0.1) is 75.4 Å². The molecule has 9 aliphatic heterocycles. The van der Waals surface area contributed by atoms with Crippen LogP contribution in [0.3, 0.4) is 0 Å². The lowest BCUT2D eigenvalue weighted by atomic mass is 10.00. The van der Waals surface area contributed by atoms with Crippen LogP contribution in [0.1, 0.15) is 65.7 Å². The molecule has 4 aromatic carbocycles. The average molecular weight is 1640 g/mol. The van der Waals surface area contributed by atoms with E-state index in [1.54, 1.807) is 30.6 Å². The molecule has 602 valence electrons. The van der Waals surface area contributed by atoms with Crippen molar-refractivity contribution in [3.63, 3.8) is 0 Å². The first-order valence-corrected chi connectivity index (χ1v) is 32.6. The molecule has 0 unspecified atom stereocenters. The van der Waals surface area contributed by atoms with E-state index in [2.05, 4.69) is 32.4 Å². The summed E-state index contributed by atoms with van der Waals surface area (Å²) < 4.78 is 102. The number of carbonyl (C=O) groups is 2. The van der Waals surface area contributed by atoms with Gasteiger partial charge in [0.2, 0.25) is 0 Å². The lowest BCUT2D eigenvalue weighted by Gasteiger charge is -2.48. The summed E-state index contributed by atoms with van der Waals surface area (Å²) in [5.41, 5.74) is -1.35. The van der Waals surface area contributed by atoms with Crippen molar-refractivity contribution in [2.75, 3.05) is 161 Å². The van der Waals surface area contributed by atoms with Crippen LogP contribution in [-0.4, -0.2) is 249 Å². The van der Waals surface area contributed by atoms with Gasteiger partial charge in [0.05, 0.1) is 93.0 Å². The van der Waals surface area contributed by atoms with Gasteiger partial charge >= 0.3 is 6.09 Å². The molecule has 4 aromatic rings. The number of nitrogens with one attached hydrogen (secondary N) is 2. The van der Waals surface area contributed by atoms with E-state index in [-0.39, 0.29) is 144 Å². The van der Waals surface area contributed by atoms with Crippen LogP contribution in [0.15, 0.2) is 48.5 Å². The number of nitro benzene ring substituents is 4. The molecule has 6 saturated heterocycles. The highest BCUT2D eigenvalue weighted by molar-refractivity contribution is 7.59. The summed E-state index contributed by atoms with van der Waals surface area (Å²) in [5, 5.41) is 71.5. The number of carbonyl (C=O) groups excluding carboxylic acids is 2. The maximum absolute atomic E-state index is 14.5. The number of ketones is 1. The van der Waals surface area contributed by atoms with E-state index in [0.29, 0.717) is 87.4 Å². The minimum absolute atomic E-state index is 0. The molecule has 42 heteroatoms. The molecule has 0 aliphatic carbocycles. The SMILES string of the molecule is CC(C)(C)OC(=O)N1CCN2c3c(F)cc([N+](=O)[O-])cc3OC[C@@H]2C1.CN1CCC(=O)CC1.CN1CCC(N2CCN3c4c(F)cc([N+](=O)[O-])cc4OC[C@@H]3C2)CC1.CO.CO.Cl.Cl.O=[N+]([O-])c1cc(F)c(F)c(F)c1.O=[N+]([O-])c1cc(F)c2c(c1)OC[C@@H]1CNCCN21.OC[C@@H]1CCCCN1.S.S.S.S. The standard InChI is InChI=1S/C17H23FN4O3.C16H20FN3O5.C11H12FN3O3.C6H2F3NO2.C6H11NO.C6H13NO.2CH4O.2ClH.4H2S/c1-19-4-2-12(3-5-19)20-6-7-21-14(10-20)11-25-16-9-13(22(23)24)8-15(18)17(16)21;1-16(2,3)25-15(21)18-4-5-19-11(8-18)9-24-13-7-10(20(22)23)6-12(17)14(13)19;12-9-3-7(15(16)17)4-10-11(9)14-2-1-13-5-8(14)6-18-10;7-4-1-3(10(11)12)2-5(8)6(4)9;1-7-4-2-6(8)3-5-7;8-5-6-3-1-2-4-7-6;2*1-2;;;;;;/h8-9,12,14H,2-7,10-11H2,1H3;6-7,11H,4-5,8-9H2,1-3H3;3-4,8,13H,1-2,5-6H2;1-2H;2-5H2,1H3;6-8H,1-5H2;2*2H,1H3;2*1H;4*1H2/t14-;11-;8-;;;6-;;;;;;;;/m000..0......../s1. The van der Waals surface area contributed by atoms with Crippen molar-refractivity contribution in [3.05, 3.63) is 124 Å². The minimum Gasteiger partial charge on any atom is -0.489 e. The van der Waals surface area contributed by atoms with Crippen LogP contribution in [0.25, 0.3) is 0 Å². The summed E-state index contributed by atoms with van der Waals surface area (Å²) in [6.07, 6.45) is 7.14. The van der Waals surface area contributed by atoms with E-state index in [4.69, 9.17) is 34.3 Å². The van der Waals surface area contributed by atoms with Gasteiger partial charge in [-0.2, -0.15) is 54.0 Å². The Labute approximate surface area is 650 Å². The zero-order chi connectivity index (χ0) is 73.7. The van der Waals surface area contributed by atoms with Gasteiger partial charge < -0.3 is 74.3 Å². The number of halogens is 8. The number of ether oxygens (including phenoxy) is 4. The third-order valence-electron chi connectivity index (χ3n) is 17.4. The molecule has 9 aliphatic rings. The number of nitro groups is 4. The lowest BCUT2D eigenvalue weighted by molar-refractivity contribution is -0.385. The normalized spacial score (nSPS) is 19.6. The van der Waals surface area contributed by atoms with Crippen molar-refractivity contribution in [1.82, 2.24) is 30.2 Å². The molecule has 0 spiro atoms. The Bertz CT molecular complexity index is 3450. The number of hydrogen-bond acceptors (Lipinski definition) is 25. The second kappa shape index (κ2) is 47.4. The van der Waals surface area contributed by atoms with Gasteiger partial charge in [-0.3, -0.25) is 50.2 Å². The summed E-state index contributed by atoms with van der Waals surface area (Å²) in [6.45, 7) is 17.8. The van der Waals surface area contributed by atoms with Crippen LogP contribution in [0.5, 0.6) is 17.2 Å². The number of Topliss-reactive ketones (excluding diaryl/α,β-unsaturated/α-hetero) is 1. The first-order valence-electron chi connectivity index (χ1n) is 32.6. The van der Waals surface area contributed by atoms with Gasteiger partial charge in [0.1, 0.15) is 48.3 Å². The molecule has 0 bridgehead atoms. The van der Waals surface area contributed by atoms with Gasteiger partial charge in [0.15, 0.2) is 52.2 Å². The lowest BCUT2D eigenvalue weighted by Crippen LogP contribution is -2.60. The summed E-state index contributed by atoms with van der Waals surface area (Å²) in [5.74, 6) is -5.57. The highest BCUT2D eigenvalue weighted by Crippen LogP contribution is 2.43. The molecule has 0 radical (unpaired) electrons. The van der Waals surface area contributed by atoms with Gasteiger partial charge in [-0.1, -0.05) is 6.42 Å². The van der Waals surface area contributed by atoms with Crippen molar-refractivity contribution in [2.24, 2.45) is 0 Å². The van der Waals surface area contributed by atoms with Crippen molar-refractivity contribution in [2.45, 2.75) is 102 Å². The Morgan fingerprint density at radius 2 is 0.934 bits per heavy atom. The van der Waals surface area contributed by atoms with Gasteiger partial charge in [0, 0.05) is 111 Å². The fraction of sp³-hybridized carbons (Fsp3) is 0.594. The van der Waals surface area contributed by atoms with Gasteiger partial charge in [-0.05, 0) is 80.2 Å². The van der Waals surface area contributed by atoms with E-state index in [0.717, 1.165) is 117 Å². The number of piperidine rings is 3. The zero-order valence-electron chi connectivity index (χ0n) is 59.7. The Hall–Kier alpha value is -6.54. The van der Waals surface area contributed by atoms with Crippen LogP contribution >= 0.6 is 78.8 Å². The number of rotatable bonds is 6. The topological polar surface area (TPSA) is 351 Å². The molecular formula is C64H99Cl2F6N13O17S4. The number of non-ortho nitro benzene ring substituents is 4. The number of hydrogen-bond donors (Lipinski definition) is 5. The number of amides is 1. The van der Waals surface area contributed by atoms with Crippen molar-refractivity contribution >= 4 is 130 Å². The summed E-state index contributed by atoms with van der Waals surface area (Å²) in [4.78, 5) is 76.7. The second-order valence-corrected chi connectivity index (χ2v) is 25.4. The summed E-state index contributed by atoms with van der Waals surface area (Å²) in [6, 6.07) is 8.25. The Morgan fingerprint density at radius 1 is 0.538 bits per heavy atom. The molecule has 6 fully saturated rings. The molecule has 30 nitrogen and oxygen atoms in total. The maximum Gasteiger partial charge on any atom is 0.410 e. The van der Waals surface area contributed by atoms with Crippen molar-refractivity contribution < 1.29 is 89.9 Å². The molecular weight excluding hydrogens is 1540 g/mol. The monoisotopic (exact) mass is 1630 g/mol. The number of benzene rings is 4. The van der Waals surface area contributed by atoms with Gasteiger partial charge in [-0.25, -0.2) is 31.1 Å². The number of aliphatic hydroxyl groups excluding tert-OH is 3. The van der Waals surface area contributed by atoms with Gasteiger partial charge in [0.25, 0.3) is 22.7 Å². The zero-order valence-corrected chi connectivity index (χ0v) is 65.4. The largest absolute Gasteiger partial charge is 0.489 e. The van der Waals surface area contributed by atoms with Gasteiger partial charge in [-0.15, -0.1) is 24.8 Å². The van der Waals surface area contributed by atoms with E-state index in [1.165, 1.54) is 43.9 Å². The minimum atomic E-state index is -1.71. The maximum atomic E-state index is 14.5. The molecule has 13 rings (SSSR count). The van der Waals surface area contributed by atoms with E-state index in [1.807, 2.05) is 16.8 Å². The summed E-state index contributed by atoms with van der Waals surface area (Å²) >= 11 is 0. The smallest absolute Gasteiger partial charge is 0.410 e. The van der Waals surface area contributed by atoms with E-state index in [9.17, 15) is 76.4 Å². The van der Waals surface area contributed by atoms with Crippen LogP contribution in [0.2, 0.25) is 0 Å². The quantitative estimate of drug-likeness (QED) is 0.0526. The molecule has 4 atom stereocenters. The Kier molecular flexibility index (Phi) is 44.5. The number of anilines is 3. The molecule has 1 amide bonds. The molecule has 0 saturated carbocycles. The fourth-order valence-electron chi connectivity index (χ4n) is 12.3. The molecule has 0 aromatic heterocycles. The highest BCUT2D eigenvalue weighted by Gasteiger charge is 2.41. The van der Waals surface area contributed by atoms with E-state index < -0.39 is 72.0 Å². The Balaban J connectivity index is 0.00000128. The van der Waals surface area contributed by atoms with Crippen molar-refractivity contribution in [1.29, 1.82) is 0 Å². The first-order chi connectivity index (χ1) is 47.6. The third kappa shape index (κ3) is 27.8. The molecule has 5 N–H and O–H groups in total. The molecule has 106 heavy (non-hydrogen) atoms. The average Bonchev–Trinajstić information content (AvgIpc) is 0.778.